The number of amides is 1. The molecule has 1 saturated heterocycles. The van der Waals surface area contributed by atoms with Crippen LogP contribution in [0.1, 0.15) is 28.5 Å². The zero-order valence-electron chi connectivity index (χ0n) is 11.3. The molecule has 2 rings (SSSR count). The minimum absolute atomic E-state index is 0.0295. The number of aliphatic carboxylic acids is 1. The van der Waals surface area contributed by atoms with E-state index in [0.717, 1.165) is 0 Å². The molecule has 2 unspecified atom stereocenters. The minimum Gasteiger partial charge on any atom is -0.480 e. The molecule has 1 aliphatic heterocycles. The average molecular weight is 297 g/mol. The molecule has 8 heteroatoms. The van der Waals surface area contributed by atoms with E-state index < -0.39 is 23.5 Å². The van der Waals surface area contributed by atoms with Gasteiger partial charge in [0.1, 0.15) is 11.6 Å². The summed E-state index contributed by atoms with van der Waals surface area (Å²) in [6.07, 6.45) is 0. The molecule has 1 aromatic rings. The third-order valence-electron chi connectivity index (χ3n) is 3.43. The second-order valence-corrected chi connectivity index (χ2v) is 5.99. The first-order valence-corrected chi connectivity index (χ1v) is 7.12. The Morgan fingerprint density at radius 1 is 1.45 bits per heavy atom. The number of hydrogen-bond donors (Lipinski definition) is 2. The zero-order chi connectivity index (χ0) is 15.0. The van der Waals surface area contributed by atoms with E-state index in [2.05, 4.69) is 10.2 Å². The molecule has 1 aromatic heterocycles. The van der Waals surface area contributed by atoms with Crippen LogP contribution in [0.2, 0.25) is 0 Å². The van der Waals surface area contributed by atoms with E-state index in [4.69, 9.17) is 0 Å². The highest BCUT2D eigenvalue weighted by atomic mass is 32.2. The average Bonchev–Trinajstić information content (AvgIpc) is 2.76. The fourth-order valence-electron chi connectivity index (χ4n) is 2.15. The van der Waals surface area contributed by atoms with Crippen molar-refractivity contribution in [2.75, 3.05) is 5.75 Å². The lowest BCUT2D eigenvalue weighted by Gasteiger charge is -2.25. The van der Waals surface area contributed by atoms with Gasteiger partial charge in [0.25, 0.3) is 11.5 Å². The normalized spacial score (nSPS) is 22.1. The Morgan fingerprint density at radius 2 is 2.10 bits per heavy atom. The molecule has 1 fully saturated rings. The third-order valence-corrected chi connectivity index (χ3v) is 4.64. The summed E-state index contributed by atoms with van der Waals surface area (Å²) in [7, 11) is 0. The molecule has 1 amide bonds. The van der Waals surface area contributed by atoms with Crippen molar-refractivity contribution in [3.05, 3.63) is 27.2 Å². The number of carboxylic acid groups (broad SMARTS) is 1. The topological polar surface area (TPSA) is 103 Å². The Morgan fingerprint density at radius 3 is 2.70 bits per heavy atom. The summed E-state index contributed by atoms with van der Waals surface area (Å²) in [5.41, 5.74) is 0.399. The summed E-state index contributed by atoms with van der Waals surface area (Å²) in [6.45, 7) is 5.07. The Kier molecular flexibility index (Phi) is 3.85. The summed E-state index contributed by atoms with van der Waals surface area (Å²) in [5.74, 6) is -1.29. The molecule has 0 radical (unpaired) electrons. The third kappa shape index (κ3) is 2.31. The number of carbonyl (C=O) groups excluding carboxylic acids is 1. The lowest BCUT2D eigenvalue weighted by atomic mass is 10.1. The molecular formula is C12H15N3O4S. The first-order chi connectivity index (χ1) is 9.34. The van der Waals surface area contributed by atoms with Crippen LogP contribution in [0.4, 0.5) is 0 Å². The SMILES string of the molecule is Cc1n[nH]c(=O)c(C(=O)N2C(C)SCC2C(=O)O)c1C. The first kappa shape index (κ1) is 14.6. The largest absolute Gasteiger partial charge is 0.480 e. The number of aryl methyl sites for hydroxylation is 1. The molecule has 0 aromatic carbocycles. The van der Waals surface area contributed by atoms with Gasteiger partial charge in [-0.15, -0.1) is 11.8 Å². The van der Waals surface area contributed by atoms with Gasteiger partial charge in [-0.2, -0.15) is 5.10 Å². The van der Waals surface area contributed by atoms with Crippen molar-refractivity contribution in [1.29, 1.82) is 0 Å². The molecule has 0 bridgehead atoms. The number of carboxylic acids is 1. The minimum atomic E-state index is -1.06. The predicted molar refractivity (Wildman–Crippen MR) is 73.8 cm³/mol. The summed E-state index contributed by atoms with van der Waals surface area (Å²) in [4.78, 5) is 36.9. The highest BCUT2D eigenvalue weighted by Gasteiger charge is 2.41. The van der Waals surface area contributed by atoms with Crippen LogP contribution in [0, 0.1) is 13.8 Å². The van der Waals surface area contributed by atoms with Crippen LogP contribution in [0.5, 0.6) is 0 Å². The summed E-state index contributed by atoms with van der Waals surface area (Å²) in [6, 6.07) is -0.908. The second kappa shape index (κ2) is 5.28. The van der Waals surface area contributed by atoms with Gasteiger partial charge in [-0.3, -0.25) is 9.59 Å². The molecule has 20 heavy (non-hydrogen) atoms. The molecule has 7 nitrogen and oxygen atoms in total. The number of rotatable bonds is 2. The van der Waals surface area contributed by atoms with Crippen molar-refractivity contribution < 1.29 is 14.7 Å². The number of nitrogens with one attached hydrogen (secondary N) is 1. The highest BCUT2D eigenvalue weighted by Crippen LogP contribution is 2.30. The standard InChI is InChI=1S/C12H15N3O4S/c1-5-6(2)13-14-10(16)9(5)11(17)15-7(3)20-4-8(15)12(18)19/h7-8H,4H2,1-3H3,(H,14,16)(H,18,19). The maximum absolute atomic E-state index is 12.6. The number of nitrogens with zero attached hydrogens (tertiary/aromatic N) is 2. The molecule has 2 N–H and O–H groups in total. The van der Waals surface area contributed by atoms with Gasteiger partial charge in [-0.1, -0.05) is 0 Å². The number of thioether (sulfide) groups is 1. The molecule has 0 spiro atoms. The lowest BCUT2D eigenvalue weighted by Crippen LogP contribution is -2.46. The summed E-state index contributed by atoms with van der Waals surface area (Å²) < 4.78 is 0. The van der Waals surface area contributed by atoms with Gasteiger partial charge < -0.3 is 10.0 Å². The van der Waals surface area contributed by atoms with Crippen LogP contribution in [-0.2, 0) is 4.79 Å². The van der Waals surface area contributed by atoms with Crippen molar-refractivity contribution in [2.45, 2.75) is 32.2 Å². The number of hydrogen-bond acceptors (Lipinski definition) is 5. The van der Waals surface area contributed by atoms with Gasteiger partial charge in [0.05, 0.1) is 11.1 Å². The first-order valence-electron chi connectivity index (χ1n) is 6.07. The monoisotopic (exact) mass is 297 g/mol. The number of aromatic nitrogens is 2. The van der Waals surface area contributed by atoms with Gasteiger partial charge in [0.2, 0.25) is 0 Å². The second-order valence-electron chi connectivity index (χ2n) is 4.64. The van der Waals surface area contributed by atoms with Crippen LogP contribution in [0.25, 0.3) is 0 Å². The van der Waals surface area contributed by atoms with Crippen LogP contribution in [-0.4, -0.2) is 49.2 Å². The van der Waals surface area contributed by atoms with E-state index in [9.17, 15) is 19.5 Å². The molecule has 2 atom stereocenters. The Labute approximate surface area is 119 Å². The van der Waals surface area contributed by atoms with Crippen molar-refractivity contribution in [3.63, 3.8) is 0 Å². The van der Waals surface area contributed by atoms with Crippen molar-refractivity contribution in [3.8, 4) is 0 Å². The van der Waals surface area contributed by atoms with Gasteiger partial charge in [-0.05, 0) is 26.3 Å². The van der Waals surface area contributed by atoms with E-state index in [1.165, 1.54) is 16.7 Å². The van der Waals surface area contributed by atoms with E-state index in [1.54, 1.807) is 20.8 Å². The van der Waals surface area contributed by atoms with Crippen LogP contribution < -0.4 is 5.56 Å². The molecule has 0 aliphatic carbocycles. The quantitative estimate of drug-likeness (QED) is 0.817. The van der Waals surface area contributed by atoms with Crippen molar-refractivity contribution >= 4 is 23.6 Å². The fourth-order valence-corrected chi connectivity index (χ4v) is 3.32. The van der Waals surface area contributed by atoms with E-state index >= 15 is 0 Å². The van der Waals surface area contributed by atoms with Crippen LogP contribution in [0.15, 0.2) is 4.79 Å². The van der Waals surface area contributed by atoms with Gasteiger partial charge >= 0.3 is 5.97 Å². The Balaban J connectivity index is 2.48. The highest BCUT2D eigenvalue weighted by molar-refractivity contribution is 8.00. The molecule has 108 valence electrons. The molecule has 1 aliphatic rings. The molecule has 2 heterocycles. The Bertz CT molecular complexity index is 628. The number of H-pyrrole nitrogens is 1. The van der Waals surface area contributed by atoms with E-state index in [0.29, 0.717) is 17.0 Å². The molecule has 0 saturated carbocycles. The van der Waals surface area contributed by atoms with E-state index in [-0.39, 0.29) is 10.9 Å². The zero-order valence-corrected chi connectivity index (χ0v) is 12.2. The summed E-state index contributed by atoms with van der Waals surface area (Å²) >= 11 is 1.38. The van der Waals surface area contributed by atoms with Crippen molar-refractivity contribution in [2.24, 2.45) is 0 Å². The molecular weight excluding hydrogens is 282 g/mol. The maximum atomic E-state index is 12.6. The van der Waals surface area contributed by atoms with Gasteiger partial charge in [-0.25, -0.2) is 9.89 Å². The smallest absolute Gasteiger partial charge is 0.327 e. The number of aromatic amines is 1. The van der Waals surface area contributed by atoms with Gasteiger partial charge in [0, 0.05) is 5.75 Å². The van der Waals surface area contributed by atoms with Crippen LogP contribution >= 0.6 is 11.8 Å². The maximum Gasteiger partial charge on any atom is 0.327 e. The number of carbonyl (C=O) groups is 2. The fraction of sp³-hybridized carbons (Fsp3) is 0.500. The van der Waals surface area contributed by atoms with Crippen LogP contribution in [0.3, 0.4) is 0 Å². The van der Waals surface area contributed by atoms with E-state index in [1.807, 2.05) is 0 Å². The summed E-state index contributed by atoms with van der Waals surface area (Å²) in [5, 5.41) is 15.0. The van der Waals surface area contributed by atoms with Gasteiger partial charge in [0.15, 0.2) is 0 Å². The van der Waals surface area contributed by atoms with Crippen molar-refractivity contribution in [1.82, 2.24) is 15.1 Å². The lowest BCUT2D eigenvalue weighted by molar-refractivity contribution is -0.141. The predicted octanol–water partition coefficient (Wildman–Crippen LogP) is 0.375. The Hall–Kier alpha value is -1.83.